The van der Waals surface area contributed by atoms with E-state index >= 15 is 0 Å². The predicted octanol–water partition coefficient (Wildman–Crippen LogP) is 2.59. The third kappa shape index (κ3) is 2.64. The molecule has 0 unspecified atom stereocenters. The Balaban J connectivity index is 2.37. The first kappa shape index (κ1) is 14.8. The summed E-state index contributed by atoms with van der Waals surface area (Å²) in [6, 6.07) is 4.99. The number of anilines is 1. The van der Waals surface area contributed by atoms with E-state index in [0.29, 0.717) is 15.8 Å². The zero-order chi connectivity index (χ0) is 14.9. The Labute approximate surface area is 122 Å². The fourth-order valence-corrected chi connectivity index (χ4v) is 4.49. The molecule has 0 saturated heterocycles. The van der Waals surface area contributed by atoms with Crippen LogP contribution in [0.2, 0.25) is 0 Å². The van der Waals surface area contributed by atoms with Gasteiger partial charge in [-0.25, -0.2) is 13.4 Å². The van der Waals surface area contributed by atoms with E-state index in [2.05, 4.69) is 4.98 Å². The molecule has 2 rings (SSSR count). The lowest BCUT2D eigenvalue weighted by atomic mass is 10.3. The number of rotatable bonds is 4. The average molecular weight is 312 g/mol. The zero-order valence-electron chi connectivity index (χ0n) is 11.7. The van der Waals surface area contributed by atoms with Crippen LogP contribution >= 0.6 is 11.3 Å². The van der Waals surface area contributed by atoms with Gasteiger partial charge in [0, 0.05) is 18.0 Å². The van der Waals surface area contributed by atoms with Crippen molar-refractivity contribution in [3.63, 3.8) is 0 Å². The molecule has 2 heterocycles. The molecule has 108 valence electrons. The van der Waals surface area contributed by atoms with Crippen molar-refractivity contribution in [3.05, 3.63) is 34.8 Å². The van der Waals surface area contributed by atoms with E-state index in [1.165, 1.54) is 36.0 Å². The van der Waals surface area contributed by atoms with Gasteiger partial charge in [-0.05, 0) is 31.5 Å². The minimum absolute atomic E-state index is 0.339. The largest absolute Gasteiger partial charge is 0.481 e. The van der Waals surface area contributed by atoms with E-state index in [1.54, 1.807) is 18.2 Å². The maximum absolute atomic E-state index is 12.5. The fraction of sp³-hybridized carbons (Fsp3) is 0.308. The molecule has 0 aliphatic heterocycles. The van der Waals surface area contributed by atoms with Crippen molar-refractivity contribution in [2.75, 3.05) is 18.5 Å². The minimum Gasteiger partial charge on any atom is -0.481 e. The summed E-state index contributed by atoms with van der Waals surface area (Å²) < 4.78 is 31.6. The number of hydrogen-bond acceptors (Lipinski definition) is 5. The number of sulfonamides is 1. The lowest BCUT2D eigenvalue weighted by molar-refractivity contribution is 0.398. The summed E-state index contributed by atoms with van der Waals surface area (Å²) in [4.78, 5) is 5.03. The van der Waals surface area contributed by atoms with Gasteiger partial charge in [0.2, 0.25) is 5.88 Å². The molecule has 0 aliphatic carbocycles. The molecule has 0 aromatic carbocycles. The molecule has 0 fully saturated rings. The predicted molar refractivity (Wildman–Crippen MR) is 80.2 cm³/mol. The molecule has 0 amide bonds. The van der Waals surface area contributed by atoms with Gasteiger partial charge in [-0.1, -0.05) is 0 Å². The summed E-state index contributed by atoms with van der Waals surface area (Å²) in [5.41, 5.74) is 1.48. The first-order valence-corrected chi connectivity index (χ1v) is 8.18. The van der Waals surface area contributed by atoms with Crippen LogP contribution in [0.15, 0.2) is 28.6 Å². The second-order valence-electron chi connectivity index (χ2n) is 4.34. The van der Waals surface area contributed by atoms with Gasteiger partial charge < -0.3 is 4.74 Å². The van der Waals surface area contributed by atoms with Crippen LogP contribution in [0.25, 0.3) is 0 Å². The summed E-state index contributed by atoms with van der Waals surface area (Å²) in [6.07, 6.45) is 1.48. The highest BCUT2D eigenvalue weighted by Crippen LogP contribution is 2.29. The molecule has 0 aliphatic rings. The molecule has 5 nitrogen and oxygen atoms in total. The van der Waals surface area contributed by atoms with Crippen molar-refractivity contribution in [2.45, 2.75) is 18.1 Å². The number of aryl methyl sites for hydroxylation is 2. The monoisotopic (exact) mass is 312 g/mol. The highest BCUT2D eigenvalue weighted by molar-refractivity contribution is 7.94. The molecule has 20 heavy (non-hydrogen) atoms. The van der Waals surface area contributed by atoms with E-state index < -0.39 is 10.0 Å². The molecule has 7 heteroatoms. The van der Waals surface area contributed by atoms with E-state index in [4.69, 9.17) is 4.74 Å². The van der Waals surface area contributed by atoms with Crippen LogP contribution in [-0.4, -0.2) is 27.6 Å². The summed E-state index contributed by atoms with van der Waals surface area (Å²) >= 11 is 1.28. The molecule has 2 aromatic heterocycles. The molecule has 0 N–H and O–H groups in total. The van der Waals surface area contributed by atoms with Crippen LogP contribution < -0.4 is 9.04 Å². The minimum atomic E-state index is -3.54. The van der Waals surface area contributed by atoms with Gasteiger partial charge >= 0.3 is 0 Å². The Bertz CT molecular complexity index is 686. The summed E-state index contributed by atoms with van der Waals surface area (Å²) in [5, 5.41) is 0. The van der Waals surface area contributed by atoms with Crippen LogP contribution in [0.1, 0.15) is 10.4 Å². The Hall–Kier alpha value is -1.60. The van der Waals surface area contributed by atoms with Crippen molar-refractivity contribution in [1.29, 1.82) is 0 Å². The fourth-order valence-electron chi connectivity index (χ4n) is 1.62. The van der Waals surface area contributed by atoms with E-state index in [0.717, 1.165) is 10.4 Å². The summed E-state index contributed by atoms with van der Waals surface area (Å²) in [5.74, 6) is 0.447. The molecule has 0 radical (unpaired) electrons. The maximum atomic E-state index is 12.5. The topological polar surface area (TPSA) is 59.5 Å². The number of pyridine rings is 1. The Morgan fingerprint density at radius 3 is 2.45 bits per heavy atom. The van der Waals surface area contributed by atoms with Crippen LogP contribution in [0.5, 0.6) is 5.88 Å². The highest BCUT2D eigenvalue weighted by Gasteiger charge is 2.24. The number of aromatic nitrogens is 1. The molecule has 0 spiro atoms. The quantitative estimate of drug-likeness (QED) is 0.870. The third-order valence-corrected chi connectivity index (χ3v) is 6.44. The molecule has 0 bridgehead atoms. The number of ether oxygens (including phenoxy) is 1. The van der Waals surface area contributed by atoms with Crippen LogP contribution in [0, 0.1) is 13.8 Å². The normalized spacial score (nSPS) is 11.4. The molecular formula is C13H16N2O3S2. The second-order valence-corrected chi connectivity index (χ2v) is 7.79. The van der Waals surface area contributed by atoms with Crippen molar-refractivity contribution < 1.29 is 13.2 Å². The maximum Gasteiger partial charge on any atom is 0.273 e. The SMILES string of the molecule is COc1ccc(N(C)S(=O)(=O)c2cc(C)c(C)s2)cn1. The molecule has 2 aromatic rings. The second kappa shape index (κ2) is 5.41. The lowest BCUT2D eigenvalue weighted by Gasteiger charge is -2.18. The summed E-state index contributed by atoms with van der Waals surface area (Å²) in [7, 11) is -0.512. The number of thiophene rings is 1. The third-order valence-electron chi connectivity index (χ3n) is 3.05. The number of nitrogens with zero attached hydrogens (tertiary/aromatic N) is 2. The Morgan fingerprint density at radius 1 is 1.30 bits per heavy atom. The van der Waals surface area contributed by atoms with Crippen molar-refractivity contribution in [3.8, 4) is 5.88 Å². The van der Waals surface area contributed by atoms with Gasteiger partial charge in [-0.15, -0.1) is 11.3 Å². The standard InChI is InChI=1S/C13H16N2O3S2/c1-9-7-13(19-10(9)2)20(16,17)15(3)11-5-6-12(18-4)14-8-11/h5-8H,1-4H3. The zero-order valence-corrected chi connectivity index (χ0v) is 13.4. The average Bonchev–Trinajstić information content (AvgIpc) is 2.78. The van der Waals surface area contributed by atoms with Crippen molar-refractivity contribution >= 4 is 27.0 Å². The van der Waals surface area contributed by atoms with Crippen molar-refractivity contribution in [2.24, 2.45) is 0 Å². The van der Waals surface area contributed by atoms with Gasteiger partial charge in [0.05, 0.1) is 19.0 Å². The van der Waals surface area contributed by atoms with Gasteiger partial charge in [0.25, 0.3) is 10.0 Å². The molecule has 0 saturated carbocycles. The smallest absolute Gasteiger partial charge is 0.273 e. The van der Waals surface area contributed by atoms with Gasteiger partial charge in [-0.3, -0.25) is 4.31 Å². The van der Waals surface area contributed by atoms with E-state index in [1.807, 2.05) is 13.8 Å². The van der Waals surface area contributed by atoms with Crippen LogP contribution in [0.3, 0.4) is 0 Å². The first-order valence-electron chi connectivity index (χ1n) is 5.92. The number of methoxy groups -OCH3 is 1. The summed E-state index contributed by atoms with van der Waals surface area (Å²) in [6.45, 7) is 3.81. The van der Waals surface area contributed by atoms with Crippen LogP contribution in [0.4, 0.5) is 5.69 Å². The van der Waals surface area contributed by atoms with Gasteiger partial charge in [-0.2, -0.15) is 0 Å². The van der Waals surface area contributed by atoms with Gasteiger partial charge in [0.15, 0.2) is 0 Å². The van der Waals surface area contributed by atoms with E-state index in [-0.39, 0.29) is 0 Å². The highest BCUT2D eigenvalue weighted by atomic mass is 32.2. The Kier molecular flexibility index (Phi) is 4.01. The van der Waals surface area contributed by atoms with Crippen molar-refractivity contribution in [1.82, 2.24) is 4.98 Å². The Morgan fingerprint density at radius 2 is 2.00 bits per heavy atom. The molecule has 0 atom stereocenters. The van der Waals surface area contributed by atoms with Gasteiger partial charge in [0.1, 0.15) is 4.21 Å². The molecular weight excluding hydrogens is 296 g/mol. The lowest BCUT2D eigenvalue weighted by Crippen LogP contribution is -2.25. The van der Waals surface area contributed by atoms with Crippen LogP contribution in [-0.2, 0) is 10.0 Å². The number of hydrogen-bond donors (Lipinski definition) is 0. The first-order chi connectivity index (χ1) is 9.36. The van der Waals surface area contributed by atoms with E-state index in [9.17, 15) is 8.42 Å².